The Kier molecular flexibility index (Phi) is 5.20. The first kappa shape index (κ1) is 14.7. The second-order valence-electron chi connectivity index (χ2n) is 6.18. The van der Waals surface area contributed by atoms with E-state index >= 15 is 0 Å². The number of hydrogen-bond donors (Lipinski definition) is 2. The first-order valence-corrected chi connectivity index (χ1v) is 6.98. The highest BCUT2D eigenvalue weighted by Crippen LogP contribution is 2.20. The fourth-order valence-corrected chi connectivity index (χ4v) is 2.21. The van der Waals surface area contributed by atoms with Crippen molar-refractivity contribution in [3.63, 3.8) is 0 Å². The third-order valence-electron chi connectivity index (χ3n) is 3.69. The molecular formula is C13H26N3S. The summed E-state index contributed by atoms with van der Waals surface area (Å²) in [6.45, 7) is 8.64. The van der Waals surface area contributed by atoms with Crippen LogP contribution in [0.15, 0.2) is 0 Å². The average molecular weight is 256 g/mol. The number of thiocarbonyl (C=S) groups is 1. The van der Waals surface area contributed by atoms with Gasteiger partial charge in [0.25, 0.3) is 0 Å². The minimum Gasteiger partial charge on any atom is -0.357 e. The number of nitrogens with zero attached hydrogens (tertiary/aromatic N) is 1. The molecular weight excluding hydrogens is 230 g/mol. The summed E-state index contributed by atoms with van der Waals surface area (Å²) in [7, 11) is 0. The van der Waals surface area contributed by atoms with Crippen LogP contribution in [-0.4, -0.2) is 23.2 Å². The van der Waals surface area contributed by atoms with Gasteiger partial charge in [-0.1, -0.05) is 33.6 Å². The van der Waals surface area contributed by atoms with E-state index in [1.165, 1.54) is 12.8 Å². The third kappa shape index (κ3) is 4.80. The van der Waals surface area contributed by atoms with Crippen LogP contribution in [0.2, 0.25) is 0 Å². The van der Waals surface area contributed by atoms with E-state index in [4.69, 9.17) is 18.0 Å². The second kappa shape index (κ2) is 6.01. The van der Waals surface area contributed by atoms with E-state index in [0.717, 1.165) is 12.8 Å². The minimum atomic E-state index is 0.153. The molecule has 1 rings (SSSR count). The smallest absolute Gasteiger partial charge is 0.188 e. The first-order valence-electron chi connectivity index (χ1n) is 6.57. The Morgan fingerprint density at radius 3 is 2.47 bits per heavy atom. The predicted molar refractivity (Wildman–Crippen MR) is 77.0 cm³/mol. The maximum Gasteiger partial charge on any atom is 0.188 e. The van der Waals surface area contributed by atoms with Crippen LogP contribution in [0.5, 0.6) is 0 Å². The summed E-state index contributed by atoms with van der Waals surface area (Å²) in [4.78, 5) is 0. The van der Waals surface area contributed by atoms with Gasteiger partial charge >= 0.3 is 0 Å². The molecule has 1 radical (unpaired) electrons. The third-order valence-corrected chi connectivity index (χ3v) is 3.92. The molecule has 0 aliphatic heterocycles. The summed E-state index contributed by atoms with van der Waals surface area (Å²) >= 11 is 5.30. The van der Waals surface area contributed by atoms with E-state index in [1.807, 2.05) is 0 Å². The van der Waals surface area contributed by atoms with Crippen LogP contribution in [0, 0.1) is 5.41 Å². The van der Waals surface area contributed by atoms with Crippen molar-refractivity contribution in [2.45, 2.75) is 71.5 Å². The van der Waals surface area contributed by atoms with Crippen LogP contribution >= 0.6 is 12.2 Å². The van der Waals surface area contributed by atoms with Crippen molar-refractivity contribution in [2.75, 3.05) is 0 Å². The van der Waals surface area contributed by atoms with Gasteiger partial charge in [-0.05, 0) is 37.4 Å². The standard InChI is InChI=1S/C13H26N3S/c1-9(13(2,3)4)15-12(17)16-11-8-6-5-7-10(11)14/h9-11H,5-8,14H2,1-4H3,(H,16,17)/t9?,10-,11-/m0/s1. The molecule has 1 saturated carbocycles. The monoisotopic (exact) mass is 256 g/mol. The van der Waals surface area contributed by atoms with Crippen molar-refractivity contribution >= 4 is 17.3 Å². The van der Waals surface area contributed by atoms with E-state index in [1.54, 1.807) is 0 Å². The van der Waals surface area contributed by atoms with Crippen LogP contribution in [0.3, 0.4) is 0 Å². The van der Waals surface area contributed by atoms with Crippen molar-refractivity contribution in [3.05, 3.63) is 0 Å². The van der Waals surface area contributed by atoms with Gasteiger partial charge in [0.05, 0.1) is 6.04 Å². The molecule has 3 N–H and O–H groups in total. The van der Waals surface area contributed by atoms with Crippen LogP contribution in [0.25, 0.3) is 0 Å². The lowest BCUT2D eigenvalue weighted by atomic mass is 9.88. The maximum absolute atomic E-state index is 6.08. The Balaban J connectivity index is 2.38. The van der Waals surface area contributed by atoms with Crippen LogP contribution in [0.4, 0.5) is 0 Å². The zero-order valence-corrected chi connectivity index (χ0v) is 12.3. The summed E-state index contributed by atoms with van der Waals surface area (Å²) in [5, 5.41) is 8.47. The van der Waals surface area contributed by atoms with E-state index in [9.17, 15) is 0 Å². The molecule has 1 aliphatic carbocycles. The highest BCUT2D eigenvalue weighted by Gasteiger charge is 2.25. The number of nitrogens with one attached hydrogen (secondary N) is 1. The van der Waals surface area contributed by atoms with Gasteiger partial charge in [-0.2, -0.15) is 0 Å². The summed E-state index contributed by atoms with van der Waals surface area (Å²) < 4.78 is 0. The van der Waals surface area contributed by atoms with Crippen molar-refractivity contribution < 1.29 is 0 Å². The molecule has 0 amide bonds. The topological polar surface area (TPSA) is 52.2 Å². The molecule has 0 spiro atoms. The Hall–Kier alpha value is -0.350. The Labute approximate surface area is 111 Å². The van der Waals surface area contributed by atoms with E-state index in [0.29, 0.717) is 11.2 Å². The molecule has 4 heteroatoms. The predicted octanol–water partition coefficient (Wildman–Crippen LogP) is 2.17. The normalized spacial score (nSPS) is 27.4. The molecule has 1 unspecified atom stereocenters. The summed E-state index contributed by atoms with van der Waals surface area (Å²) in [5.74, 6) is 0. The van der Waals surface area contributed by atoms with Crippen molar-refractivity contribution in [2.24, 2.45) is 11.1 Å². The van der Waals surface area contributed by atoms with Gasteiger partial charge in [-0.3, -0.25) is 5.32 Å². The van der Waals surface area contributed by atoms with E-state index in [2.05, 4.69) is 38.3 Å². The Bertz CT molecular complexity index is 260. The molecule has 3 nitrogen and oxygen atoms in total. The fraction of sp³-hybridized carbons (Fsp3) is 0.923. The maximum atomic E-state index is 6.08. The zero-order chi connectivity index (χ0) is 13.1. The molecule has 0 heterocycles. The Morgan fingerprint density at radius 1 is 1.35 bits per heavy atom. The van der Waals surface area contributed by atoms with Gasteiger partial charge in [0.2, 0.25) is 0 Å². The first-order chi connectivity index (χ1) is 7.80. The largest absolute Gasteiger partial charge is 0.357 e. The molecule has 99 valence electrons. The van der Waals surface area contributed by atoms with Crippen molar-refractivity contribution in [3.8, 4) is 0 Å². The quantitative estimate of drug-likeness (QED) is 0.745. The minimum absolute atomic E-state index is 0.153. The molecule has 0 aromatic heterocycles. The molecule has 1 fully saturated rings. The molecule has 0 aromatic carbocycles. The van der Waals surface area contributed by atoms with Crippen molar-refractivity contribution in [1.82, 2.24) is 10.6 Å². The van der Waals surface area contributed by atoms with Crippen LogP contribution in [0.1, 0.15) is 53.4 Å². The highest BCUT2D eigenvalue weighted by atomic mass is 32.1. The molecule has 0 bridgehead atoms. The number of rotatable bonds is 2. The summed E-state index contributed by atoms with van der Waals surface area (Å²) in [5.41, 5.74) is 6.23. The van der Waals surface area contributed by atoms with E-state index < -0.39 is 0 Å². The van der Waals surface area contributed by atoms with Crippen LogP contribution in [-0.2, 0) is 0 Å². The number of hydrogen-bond acceptors (Lipinski definition) is 2. The average Bonchev–Trinajstić information content (AvgIpc) is 2.20. The fourth-order valence-electron chi connectivity index (χ4n) is 1.90. The SMILES string of the molecule is CC([N]C(=S)N[C@H]1CCCC[C@@H]1N)C(C)(C)C. The molecule has 1 aliphatic rings. The van der Waals surface area contributed by atoms with Gasteiger partial charge in [-0.25, -0.2) is 0 Å². The molecule has 3 atom stereocenters. The Morgan fingerprint density at radius 2 is 1.94 bits per heavy atom. The lowest BCUT2D eigenvalue weighted by Gasteiger charge is -2.32. The lowest BCUT2D eigenvalue weighted by molar-refractivity contribution is 0.306. The van der Waals surface area contributed by atoms with Gasteiger partial charge in [0.1, 0.15) is 0 Å². The van der Waals surface area contributed by atoms with Crippen LogP contribution < -0.4 is 16.4 Å². The van der Waals surface area contributed by atoms with Gasteiger partial charge in [0, 0.05) is 12.1 Å². The van der Waals surface area contributed by atoms with Gasteiger partial charge in [-0.15, -0.1) is 0 Å². The van der Waals surface area contributed by atoms with E-state index in [-0.39, 0.29) is 17.5 Å². The van der Waals surface area contributed by atoms with Gasteiger partial charge in [0.15, 0.2) is 5.11 Å². The van der Waals surface area contributed by atoms with Gasteiger partial charge < -0.3 is 11.1 Å². The zero-order valence-electron chi connectivity index (χ0n) is 11.5. The molecule has 17 heavy (non-hydrogen) atoms. The summed E-state index contributed by atoms with van der Waals surface area (Å²) in [6.07, 6.45) is 4.68. The highest BCUT2D eigenvalue weighted by molar-refractivity contribution is 7.80. The molecule has 0 aromatic rings. The molecule has 0 saturated heterocycles. The lowest BCUT2D eigenvalue weighted by Crippen LogP contribution is -2.52. The second-order valence-corrected chi connectivity index (χ2v) is 6.56. The van der Waals surface area contributed by atoms with Crippen molar-refractivity contribution in [1.29, 1.82) is 0 Å². The summed E-state index contributed by atoms with van der Waals surface area (Å²) in [6, 6.07) is 0.760. The number of nitrogens with two attached hydrogens (primary N) is 1.